The summed E-state index contributed by atoms with van der Waals surface area (Å²) in [6.07, 6.45) is 5.68. The lowest BCUT2D eigenvalue weighted by Gasteiger charge is -2.13. The van der Waals surface area contributed by atoms with Gasteiger partial charge in [0.15, 0.2) is 0 Å². The van der Waals surface area contributed by atoms with E-state index in [9.17, 15) is 9.59 Å². The summed E-state index contributed by atoms with van der Waals surface area (Å²) in [7, 11) is 3.85. The second kappa shape index (κ2) is 11.1. The van der Waals surface area contributed by atoms with Gasteiger partial charge in [0.25, 0.3) is 0 Å². The Bertz CT molecular complexity index is 365. The summed E-state index contributed by atoms with van der Waals surface area (Å²) in [5.41, 5.74) is 0.448. The summed E-state index contributed by atoms with van der Waals surface area (Å²) in [6, 6.07) is 0. The van der Waals surface area contributed by atoms with E-state index in [0.29, 0.717) is 18.6 Å². The molecule has 0 aromatic rings. The zero-order chi connectivity index (χ0) is 16.3. The zero-order valence-corrected chi connectivity index (χ0v) is 13.6. The number of hydrogen-bond donors (Lipinski definition) is 0. The lowest BCUT2D eigenvalue weighted by atomic mass is 10.2. The summed E-state index contributed by atoms with van der Waals surface area (Å²) in [5.74, 6) is -0.0839. The minimum absolute atomic E-state index is 0.229. The minimum Gasteiger partial charge on any atom is -0.461 e. The highest BCUT2D eigenvalue weighted by molar-refractivity contribution is 5.86. The van der Waals surface area contributed by atoms with Crippen LogP contribution >= 0.6 is 0 Å². The molecule has 1 saturated heterocycles. The third kappa shape index (κ3) is 9.85. The number of carbonyl (C=O) groups excluding carboxylic acids is 2. The van der Waals surface area contributed by atoms with Crippen LogP contribution in [0.2, 0.25) is 0 Å². The maximum atomic E-state index is 11.1. The number of carbonyl (C=O) groups is 2. The van der Waals surface area contributed by atoms with Crippen LogP contribution in [0.3, 0.4) is 0 Å². The number of esters is 1. The van der Waals surface area contributed by atoms with Crippen LogP contribution in [0.5, 0.6) is 0 Å². The smallest absolute Gasteiger partial charge is 0.333 e. The fourth-order valence-corrected chi connectivity index (χ4v) is 1.64. The van der Waals surface area contributed by atoms with Crippen molar-refractivity contribution in [2.75, 3.05) is 33.8 Å². The van der Waals surface area contributed by atoms with Crippen LogP contribution in [0.4, 0.5) is 0 Å². The Morgan fingerprint density at radius 3 is 2.57 bits per heavy atom. The Labute approximate surface area is 128 Å². The lowest BCUT2D eigenvalue weighted by molar-refractivity contribution is -0.139. The van der Waals surface area contributed by atoms with E-state index < -0.39 is 0 Å². The first kappa shape index (κ1) is 19.4. The summed E-state index contributed by atoms with van der Waals surface area (Å²) in [6.45, 7) is 10.7. The average molecular weight is 296 g/mol. The van der Waals surface area contributed by atoms with Gasteiger partial charge in [0.05, 0.1) is 0 Å². The van der Waals surface area contributed by atoms with Crippen molar-refractivity contribution < 1.29 is 14.3 Å². The topological polar surface area (TPSA) is 49.9 Å². The molecule has 120 valence electrons. The molecule has 0 radical (unpaired) electrons. The molecule has 1 heterocycles. The highest BCUT2D eigenvalue weighted by atomic mass is 16.5. The number of hydrogen-bond acceptors (Lipinski definition) is 4. The van der Waals surface area contributed by atoms with Crippen molar-refractivity contribution >= 4 is 11.9 Å². The number of amides is 1. The quantitative estimate of drug-likeness (QED) is 0.576. The van der Waals surface area contributed by atoms with Crippen LogP contribution in [0.1, 0.15) is 32.6 Å². The maximum absolute atomic E-state index is 11.1. The van der Waals surface area contributed by atoms with Crippen LogP contribution in [0.15, 0.2) is 24.9 Å². The molecular weight excluding hydrogens is 268 g/mol. The van der Waals surface area contributed by atoms with Gasteiger partial charge in [-0.3, -0.25) is 4.79 Å². The molecule has 0 N–H and O–H groups in total. The van der Waals surface area contributed by atoms with E-state index in [0.717, 1.165) is 25.9 Å². The number of rotatable bonds is 5. The van der Waals surface area contributed by atoms with Gasteiger partial charge >= 0.3 is 5.97 Å². The Hall–Kier alpha value is -1.62. The van der Waals surface area contributed by atoms with Crippen molar-refractivity contribution in [1.29, 1.82) is 0 Å². The molecule has 0 spiro atoms. The molecule has 1 aliphatic rings. The maximum Gasteiger partial charge on any atom is 0.333 e. The van der Waals surface area contributed by atoms with E-state index >= 15 is 0 Å². The van der Waals surface area contributed by atoms with E-state index in [1.165, 1.54) is 6.42 Å². The molecule has 21 heavy (non-hydrogen) atoms. The molecule has 0 atom stereocenters. The fraction of sp³-hybridized carbons (Fsp3) is 0.625. The van der Waals surface area contributed by atoms with Gasteiger partial charge in [0.1, 0.15) is 6.61 Å². The van der Waals surface area contributed by atoms with E-state index in [1.54, 1.807) is 18.0 Å². The van der Waals surface area contributed by atoms with Gasteiger partial charge in [-0.05, 0) is 40.1 Å². The molecule has 0 unspecified atom stereocenters. The Kier molecular flexibility index (Phi) is 10.2. The standard InChI is InChI=1S/C8H15NO2.C8H13NO/c1-7(2)8(10)11-6-5-9(3)4;1-2-9-7-5-3-4-6-8(9)10/h1,5-6H2,2-4H3;2H,1,3-7H2. The molecule has 0 aromatic heterocycles. The number of ether oxygens (including phenoxy) is 1. The largest absolute Gasteiger partial charge is 0.461 e. The van der Waals surface area contributed by atoms with Gasteiger partial charge in [0.2, 0.25) is 5.91 Å². The van der Waals surface area contributed by atoms with Gasteiger partial charge in [-0.25, -0.2) is 4.79 Å². The van der Waals surface area contributed by atoms with Crippen molar-refractivity contribution in [2.45, 2.75) is 32.6 Å². The number of nitrogens with zero attached hydrogens (tertiary/aromatic N) is 2. The first-order chi connectivity index (χ1) is 9.88. The summed E-state index contributed by atoms with van der Waals surface area (Å²) >= 11 is 0. The minimum atomic E-state index is -0.313. The van der Waals surface area contributed by atoms with Crippen LogP contribution in [0, 0.1) is 0 Å². The van der Waals surface area contributed by atoms with E-state index in [2.05, 4.69) is 13.2 Å². The Balaban J connectivity index is 0.000000382. The van der Waals surface area contributed by atoms with Crippen molar-refractivity contribution in [3.8, 4) is 0 Å². The second-order valence-corrected chi connectivity index (χ2v) is 5.30. The molecule has 1 rings (SSSR count). The van der Waals surface area contributed by atoms with Crippen molar-refractivity contribution in [3.63, 3.8) is 0 Å². The van der Waals surface area contributed by atoms with Crippen LogP contribution in [-0.4, -0.2) is 55.5 Å². The molecule has 0 aliphatic carbocycles. The Morgan fingerprint density at radius 2 is 2.05 bits per heavy atom. The van der Waals surface area contributed by atoms with E-state index in [1.807, 2.05) is 19.0 Å². The normalized spacial score (nSPS) is 14.9. The number of likely N-dealkylation sites (N-methyl/N-ethyl adjacent to an activating group) is 1. The van der Waals surface area contributed by atoms with Gasteiger partial charge in [-0.15, -0.1) is 0 Å². The zero-order valence-electron chi connectivity index (χ0n) is 13.6. The SMILES string of the molecule is C=C(C)C(=O)OCCN(C)C.C=CN1CCCCCC1=O. The molecule has 1 aliphatic heterocycles. The molecule has 5 nitrogen and oxygen atoms in total. The molecule has 0 saturated carbocycles. The molecule has 1 fully saturated rings. The predicted octanol–water partition coefficient (Wildman–Crippen LogP) is 2.20. The van der Waals surface area contributed by atoms with Gasteiger partial charge in [-0.2, -0.15) is 0 Å². The molecule has 5 heteroatoms. The number of likely N-dealkylation sites (tertiary alicyclic amines) is 1. The van der Waals surface area contributed by atoms with Crippen LogP contribution in [0.25, 0.3) is 0 Å². The van der Waals surface area contributed by atoms with Crippen LogP contribution < -0.4 is 0 Å². The van der Waals surface area contributed by atoms with Gasteiger partial charge in [0, 0.05) is 25.1 Å². The highest BCUT2D eigenvalue weighted by Crippen LogP contribution is 2.10. The molecule has 1 amide bonds. The van der Waals surface area contributed by atoms with Crippen molar-refractivity contribution in [3.05, 3.63) is 24.9 Å². The molecule has 0 aromatic carbocycles. The summed E-state index contributed by atoms with van der Waals surface area (Å²) < 4.78 is 4.83. The lowest BCUT2D eigenvalue weighted by Crippen LogP contribution is -2.23. The van der Waals surface area contributed by atoms with Crippen molar-refractivity contribution in [1.82, 2.24) is 9.80 Å². The van der Waals surface area contributed by atoms with E-state index in [4.69, 9.17) is 4.74 Å². The van der Waals surface area contributed by atoms with Crippen LogP contribution in [-0.2, 0) is 14.3 Å². The fourth-order valence-electron chi connectivity index (χ4n) is 1.64. The third-order valence-electron chi connectivity index (χ3n) is 2.95. The molecular formula is C16H28N2O3. The Morgan fingerprint density at radius 1 is 1.38 bits per heavy atom. The first-order valence-corrected chi connectivity index (χ1v) is 7.28. The second-order valence-electron chi connectivity index (χ2n) is 5.30. The average Bonchev–Trinajstić information content (AvgIpc) is 2.63. The third-order valence-corrected chi connectivity index (χ3v) is 2.95. The van der Waals surface area contributed by atoms with Gasteiger partial charge < -0.3 is 14.5 Å². The first-order valence-electron chi connectivity index (χ1n) is 7.28. The van der Waals surface area contributed by atoms with Gasteiger partial charge in [-0.1, -0.05) is 19.6 Å². The van der Waals surface area contributed by atoms with E-state index in [-0.39, 0.29) is 11.9 Å². The molecule has 0 bridgehead atoms. The summed E-state index contributed by atoms with van der Waals surface area (Å²) in [5, 5.41) is 0. The monoisotopic (exact) mass is 296 g/mol. The predicted molar refractivity (Wildman–Crippen MR) is 84.7 cm³/mol. The highest BCUT2D eigenvalue weighted by Gasteiger charge is 2.12. The van der Waals surface area contributed by atoms with Crippen molar-refractivity contribution in [2.24, 2.45) is 0 Å². The summed E-state index contributed by atoms with van der Waals surface area (Å²) in [4.78, 5) is 25.5.